The molecule has 3 heteroatoms. The molecule has 2 atom stereocenters. The topological polar surface area (TPSA) is 9.23 Å². The highest BCUT2D eigenvalue weighted by atomic mass is 79.9. The van der Waals surface area contributed by atoms with Crippen LogP contribution in [0, 0.1) is 17.8 Å². The molecule has 0 bridgehead atoms. The number of benzene rings is 1. The van der Waals surface area contributed by atoms with Crippen LogP contribution in [0.25, 0.3) is 0 Å². The number of halogens is 2. The summed E-state index contributed by atoms with van der Waals surface area (Å²) in [5, 5.41) is 0. The predicted molar refractivity (Wildman–Crippen MR) is 118 cm³/mol. The third-order valence-corrected chi connectivity index (χ3v) is 6.76. The monoisotopic (exact) mass is 480 g/mol. The molecule has 0 saturated carbocycles. The lowest BCUT2D eigenvalue weighted by Crippen LogP contribution is -2.49. The lowest BCUT2D eigenvalue weighted by Gasteiger charge is -2.49. The molecular formula is C23H30Br2O. The molecular weight excluding hydrogens is 452 g/mol. The smallest absolute Gasteiger partial charge is 0.125 e. The van der Waals surface area contributed by atoms with Crippen LogP contribution in [0.15, 0.2) is 45.4 Å². The minimum Gasteiger partial charge on any atom is -0.486 e. The average molecular weight is 482 g/mol. The molecule has 0 amide bonds. The summed E-state index contributed by atoms with van der Waals surface area (Å²) >= 11 is 7.36. The van der Waals surface area contributed by atoms with Crippen molar-refractivity contribution in [1.82, 2.24) is 0 Å². The van der Waals surface area contributed by atoms with E-state index in [4.69, 9.17) is 4.74 Å². The fourth-order valence-corrected chi connectivity index (χ4v) is 4.99. The zero-order chi connectivity index (χ0) is 18.9. The molecule has 1 aromatic carbocycles. The molecule has 1 aliphatic heterocycles. The van der Waals surface area contributed by atoms with Gasteiger partial charge in [-0.3, -0.25) is 0 Å². The zero-order valence-corrected chi connectivity index (χ0v) is 19.4. The van der Waals surface area contributed by atoms with Crippen molar-refractivity contribution in [3.05, 3.63) is 50.9 Å². The molecule has 1 aliphatic carbocycles. The molecule has 1 aromatic rings. The van der Waals surface area contributed by atoms with Gasteiger partial charge in [-0.05, 0) is 49.7 Å². The Morgan fingerprint density at radius 2 is 1.69 bits per heavy atom. The summed E-state index contributed by atoms with van der Waals surface area (Å²) in [4.78, 5) is 0. The number of hydrogen-bond donors (Lipinski definition) is 0. The van der Waals surface area contributed by atoms with Crippen molar-refractivity contribution in [1.29, 1.82) is 0 Å². The van der Waals surface area contributed by atoms with Crippen LogP contribution in [-0.4, -0.2) is 5.60 Å². The summed E-state index contributed by atoms with van der Waals surface area (Å²) in [6.45, 7) is 9.25. The maximum Gasteiger partial charge on any atom is 0.125 e. The third kappa shape index (κ3) is 4.30. The molecule has 0 spiro atoms. The van der Waals surface area contributed by atoms with E-state index in [-0.39, 0.29) is 5.60 Å². The van der Waals surface area contributed by atoms with Gasteiger partial charge in [0, 0.05) is 26.4 Å². The highest BCUT2D eigenvalue weighted by molar-refractivity contribution is 9.12. The Kier molecular flexibility index (Phi) is 6.39. The Morgan fingerprint density at radius 3 is 2.31 bits per heavy atom. The van der Waals surface area contributed by atoms with E-state index >= 15 is 0 Å². The number of hydrogen-bond acceptors (Lipinski definition) is 1. The fourth-order valence-electron chi connectivity index (χ4n) is 4.21. The van der Waals surface area contributed by atoms with Gasteiger partial charge in [0.1, 0.15) is 11.4 Å². The summed E-state index contributed by atoms with van der Waals surface area (Å²) in [6.07, 6.45) is 11.6. The summed E-state index contributed by atoms with van der Waals surface area (Å²) in [6, 6.07) is 6.52. The fraction of sp³-hybridized carbons (Fsp3) is 0.565. The third-order valence-electron chi connectivity index (χ3n) is 5.73. The van der Waals surface area contributed by atoms with Gasteiger partial charge in [-0.15, -0.1) is 0 Å². The quantitative estimate of drug-likeness (QED) is 0.399. The lowest BCUT2D eigenvalue weighted by atomic mass is 9.66. The molecule has 3 rings (SSSR count). The van der Waals surface area contributed by atoms with Crippen LogP contribution >= 0.6 is 31.9 Å². The van der Waals surface area contributed by atoms with E-state index in [1.54, 1.807) is 0 Å². The Bertz CT molecular complexity index is 690. The first-order chi connectivity index (χ1) is 12.3. The molecule has 2 aliphatic rings. The van der Waals surface area contributed by atoms with Crippen molar-refractivity contribution >= 4 is 31.9 Å². The first-order valence-electron chi connectivity index (χ1n) is 9.85. The maximum atomic E-state index is 6.89. The van der Waals surface area contributed by atoms with Gasteiger partial charge in [0.25, 0.3) is 0 Å². The molecule has 1 heterocycles. The second-order valence-electron chi connectivity index (χ2n) is 8.68. The minimum absolute atomic E-state index is 0.128. The highest BCUT2D eigenvalue weighted by Crippen LogP contribution is 2.53. The largest absolute Gasteiger partial charge is 0.486 e. The van der Waals surface area contributed by atoms with Gasteiger partial charge >= 0.3 is 0 Å². The molecule has 0 saturated heterocycles. The Labute approximate surface area is 175 Å². The normalized spacial score (nSPS) is 23.5. The first kappa shape index (κ1) is 20.2. The number of fused-ring (bicyclic) bond motifs is 3. The Morgan fingerprint density at radius 1 is 1.04 bits per heavy atom. The summed E-state index contributed by atoms with van der Waals surface area (Å²) in [5.41, 5.74) is 1.19. The van der Waals surface area contributed by atoms with Gasteiger partial charge in [0.15, 0.2) is 0 Å². The van der Waals surface area contributed by atoms with E-state index in [9.17, 15) is 0 Å². The molecule has 2 unspecified atom stereocenters. The van der Waals surface area contributed by atoms with Crippen molar-refractivity contribution in [3.63, 3.8) is 0 Å². The van der Waals surface area contributed by atoms with Gasteiger partial charge in [0.2, 0.25) is 0 Å². The Balaban J connectivity index is 2.06. The van der Waals surface area contributed by atoms with Gasteiger partial charge in [0.05, 0.1) is 0 Å². The van der Waals surface area contributed by atoms with Crippen molar-refractivity contribution < 1.29 is 4.74 Å². The Hall–Kier alpha value is -0.540. The van der Waals surface area contributed by atoms with Crippen LogP contribution in [0.2, 0.25) is 0 Å². The molecule has 0 N–H and O–H groups in total. The standard InChI is InChI=1S/C23H30Br2O/c1-15(2)9-11-23(12-10-16(3)4)21-13-17(24)5-7-19(21)20-8-6-18(25)14-22(20)26-23/h5-8,13-16,19,21H,9-12H2,1-4H3. The van der Waals surface area contributed by atoms with Crippen LogP contribution in [-0.2, 0) is 0 Å². The maximum absolute atomic E-state index is 6.89. The van der Waals surface area contributed by atoms with Crippen molar-refractivity contribution in [2.24, 2.45) is 17.8 Å². The molecule has 142 valence electrons. The van der Waals surface area contributed by atoms with Gasteiger partial charge in [-0.25, -0.2) is 0 Å². The zero-order valence-electron chi connectivity index (χ0n) is 16.3. The van der Waals surface area contributed by atoms with Crippen molar-refractivity contribution in [3.8, 4) is 5.75 Å². The van der Waals surface area contributed by atoms with E-state index < -0.39 is 0 Å². The highest BCUT2D eigenvalue weighted by Gasteiger charge is 2.48. The van der Waals surface area contributed by atoms with Crippen LogP contribution in [0.3, 0.4) is 0 Å². The number of allylic oxidation sites excluding steroid dienone is 3. The van der Waals surface area contributed by atoms with Gasteiger partial charge in [-0.2, -0.15) is 0 Å². The molecule has 0 fully saturated rings. The van der Waals surface area contributed by atoms with Crippen LogP contribution in [0.4, 0.5) is 0 Å². The first-order valence-corrected chi connectivity index (χ1v) is 11.4. The SMILES string of the molecule is CC(C)CCC1(CCC(C)C)Oc2cc(Br)ccc2C2C=CC(Br)=CC21. The van der Waals surface area contributed by atoms with E-state index in [1.807, 2.05) is 0 Å². The van der Waals surface area contributed by atoms with E-state index in [2.05, 4.69) is 96.0 Å². The van der Waals surface area contributed by atoms with Gasteiger partial charge in [-0.1, -0.05) is 83.8 Å². The summed E-state index contributed by atoms with van der Waals surface area (Å²) in [7, 11) is 0. The van der Waals surface area contributed by atoms with Crippen LogP contribution in [0.1, 0.15) is 64.9 Å². The molecule has 0 radical (unpaired) electrons. The summed E-state index contributed by atoms with van der Waals surface area (Å²) in [5.74, 6) is 3.21. The van der Waals surface area contributed by atoms with Crippen LogP contribution in [0.5, 0.6) is 5.75 Å². The van der Waals surface area contributed by atoms with E-state index in [1.165, 1.54) is 22.9 Å². The second kappa shape index (κ2) is 8.22. The summed E-state index contributed by atoms with van der Waals surface area (Å²) < 4.78 is 9.16. The number of ether oxygens (including phenoxy) is 1. The van der Waals surface area contributed by atoms with E-state index in [0.29, 0.717) is 23.7 Å². The lowest BCUT2D eigenvalue weighted by molar-refractivity contribution is -0.0193. The minimum atomic E-state index is -0.128. The van der Waals surface area contributed by atoms with Crippen LogP contribution < -0.4 is 4.74 Å². The van der Waals surface area contributed by atoms with Gasteiger partial charge < -0.3 is 4.74 Å². The average Bonchev–Trinajstić information content (AvgIpc) is 2.58. The molecule has 26 heavy (non-hydrogen) atoms. The van der Waals surface area contributed by atoms with Crippen molar-refractivity contribution in [2.45, 2.75) is 64.9 Å². The molecule has 1 nitrogen and oxygen atoms in total. The number of rotatable bonds is 6. The van der Waals surface area contributed by atoms with Crippen molar-refractivity contribution in [2.75, 3.05) is 0 Å². The molecule has 0 aromatic heterocycles. The van der Waals surface area contributed by atoms with E-state index in [0.717, 1.165) is 23.1 Å². The predicted octanol–water partition coefficient (Wildman–Crippen LogP) is 8.00. The second-order valence-corrected chi connectivity index (χ2v) is 10.5.